The van der Waals surface area contributed by atoms with Crippen LogP contribution in [0.4, 0.5) is 0 Å². The van der Waals surface area contributed by atoms with E-state index in [9.17, 15) is 9.90 Å². The van der Waals surface area contributed by atoms with Gasteiger partial charge in [0, 0.05) is 18.0 Å². The lowest BCUT2D eigenvalue weighted by atomic mass is 10.1. The SMILES string of the molecule is CCCCCCn1c(=O)c(O)c(OC/C=C(\C)CCC=C(C)C)c2ccc(OCCCC)cc21. The highest BCUT2D eigenvalue weighted by Crippen LogP contribution is 2.34. The second kappa shape index (κ2) is 14.5. The van der Waals surface area contributed by atoms with Crippen LogP contribution in [0.3, 0.4) is 0 Å². The van der Waals surface area contributed by atoms with Gasteiger partial charge in [-0.3, -0.25) is 4.79 Å². The Morgan fingerprint density at radius 3 is 2.47 bits per heavy atom. The van der Waals surface area contributed by atoms with Gasteiger partial charge in [-0.2, -0.15) is 0 Å². The average Bonchev–Trinajstić information content (AvgIpc) is 2.81. The minimum absolute atomic E-state index is 0.248. The molecule has 0 aliphatic heterocycles. The number of aromatic hydroxyl groups is 1. The molecule has 0 radical (unpaired) electrons. The molecule has 0 unspecified atom stereocenters. The Kier molecular flexibility index (Phi) is 11.8. The van der Waals surface area contributed by atoms with Gasteiger partial charge in [0.05, 0.1) is 12.1 Å². The van der Waals surface area contributed by atoms with Crippen LogP contribution in [0.2, 0.25) is 0 Å². The number of ether oxygens (including phenoxy) is 2. The Hall–Kier alpha value is -2.69. The lowest BCUT2D eigenvalue weighted by Gasteiger charge is -2.17. The van der Waals surface area contributed by atoms with Crippen molar-refractivity contribution in [1.82, 2.24) is 4.57 Å². The predicted octanol–water partition coefficient (Wildman–Crippen LogP) is 7.54. The number of unbranched alkanes of at least 4 members (excludes halogenated alkanes) is 4. The quantitative estimate of drug-likeness (QED) is 0.216. The molecular weight excluding hydrogens is 426 g/mol. The maximum Gasteiger partial charge on any atom is 0.297 e. The largest absolute Gasteiger partial charge is 0.500 e. The molecule has 1 aromatic heterocycles. The van der Waals surface area contributed by atoms with Crippen molar-refractivity contribution >= 4 is 10.9 Å². The number of pyridine rings is 1. The number of hydrogen-bond donors (Lipinski definition) is 1. The third kappa shape index (κ3) is 8.27. The number of benzene rings is 1. The topological polar surface area (TPSA) is 60.7 Å². The molecule has 1 aromatic carbocycles. The van der Waals surface area contributed by atoms with Gasteiger partial charge in [-0.25, -0.2) is 0 Å². The molecule has 0 atom stereocenters. The number of fused-ring (bicyclic) bond motifs is 1. The molecule has 5 nitrogen and oxygen atoms in total. The monoisotopic (exact) mass is 469 g/mol. The number of allylic oxidation sites excluding steroid dienone is 3. The number of nitrogens with zero attached hydrogens (tertiary/aromatic N) is 1. The van der Waals surface area contributed by atoms with Crippen LogP contribution in [0.25, 0.3) is 10.9 Å². The Labute approximate surface area is 205 Å². The molecule has 2 rings (SSSR count). The minimum Gasteiger partial charge on any atom is -0.500 e. The Morgan fingerprint density at radius 1 is 1.00 bits per heavy atom. The van der Waals surface area contributed by atoms with E-state index < -0.39 is 5.56 Å². The van der Waals surface area contributed by atoms with Gasteiger partial charge >= 0.3 is 0 Å². The van der Waals surface area contributed by atoms with E-state index in [0.717, 1.165) is 68.0 Å². The van der Waals surface area contributed by atoms with Crippen molar-refractivity contribution < 1.29 is 14.6 Å². The molecule has 34 heavy (non-hydrogen) atoms. The maximum atomic E-state index is 13.1. The highest BCUT2D eigenvalue weighted by atomic mass is 16.5. The summed E-state index contributed by atoms with van der Waals surface area (Å²) in [5, 5.41) is 11.5. The van der Waals surface area contributed by atoms with E-state index in [0.29, 0.717) is 19.8 Å². The van der Waals surface area contributed by atoms with Crippen molar-refractivity contribution in [2.24, 2.45) is 0 Å². The Morgan fingerprint density at radius 2 is 1.76 bits per heavy atom. The molecule has 0 spiro atoms. The van der Waals surface area contributed by atoms with Crippen LogP contribution in [0.5, 0.6) is 17.2 Å². The van der Waals surface area contributed by atoms with Crippen LogP contribution in [-0.2, 0) is 6.54 Å². The van der Waals surface area contributed by atoms with Crippen LogP contribution in [0.15, 0.2) is 46.3 Å². The second-order valence-corrected chi connectivity index (χ2v) is 9.26. The smallest absolute Gasteiger partial charge is 0.297 e. The minimum atomic E-state index is -0.408. The van der Waals surface area contributed by atoms with E-state index in [2.05, 4.69) is 40.7 Å². The average molecular weight is 470 g/mol. The van der Waals surface area contributed by atoms with Crippen molar-refractivity contribution in [2.45, 2.75) is 92.5 Å². The summed E-state index contributed by atoms with van der Waals surface area (Å²) in [5.41, 5.74) is 2.87. The summed E-state index contributed by atoms with van der Waals surface area (Å²) in [5.74, 6) is 0.658. The Bertz CT molecular complexity index is 1030. The highest BCUT2D eigenvalue weighted by molar-refractivity contribution is 5.89. The molecule has 1 N–H and O–H groups in total. The van der Waals surface area contributed by atoms with E-state index in [4.69, 9.17) is 9.47 Å². The van der Waals surface area contributed by atoms with Crippen molar-refractivity contribution in [3.8, 4) is 17.2 Å². The van der Waals surface area contributed by atoms with Gasteiger partial charge in [0.2, 0.25) is 5.75 Å². The van der Waals surface area contributed by atoms with Crippen LogP contribution in [-0.4, -0.2) is 22.9 Å². The van der Waals surface area contributed by atoms with Crippen molar-refractivity contribution in [1.29, 1.82) is 0 Å². The summed E-state index contributed by atoms with van der Waals surface area (Å²) in [6.07, 6.45) is 12.4. The third-order valence-corrected chi connectivity index (χ3v) is 5.92. The first-order valence-electron chi connectivity index (χ1n) is 12.8. The van der Waals surface area contributed by atoms with Crippen LogP contribution < -0.4 is 15.0 Å². The molecule has 188 valence electrons. The molecule has 0 aliphatic carbocycles. The molecule has 2 aromatic rings. The third-order valence-electron chi connectivity index (χ3n) is 5.92. The van der Waals surface area contributed by atoms with Crippen LogP contribution in [0, 0.1) is 0 Å². The number of hydrogen-bond acceptors (Lipinski definition) is 4. The zero-order valence-electron chi connectivity index (χ0n) is 21.8. The first-order valence-corrected chi connectivity index (χ1v) is 12.8. The zero-order chi connectivity index (χ0) is 24.9. The fourth-order valence-corrected chi connectivity index (χ4v) is 3.84. The summed E-state index contributed by atoms with van der Waals surface area (Å²) in [7, 11) is 0. The molecule has 0 aliphatic rings. The summed E-state index contributed by atoms with van der Waals surface area (Å²) in [4.78, 5) is 13.1. The molecule has 5 heteroatoms. The van der Waals surface area contributed by atoms with Gasteiger partial charge in [-0.05, 0) is 64.7 Å². The summed E-state index contributed by atoms with van der Waals surface area (Å²) >= 11 is 0. The molecule has 0 fully saturated rings. The van der Waals surface area contributed by atoms with Gasteiger partial charge in [-0.15, -0.1) is 0 Å². The van der Waals surface area contributed by atoms with E-state index in [-0.39, 0.29) is 11.5 Å². The van der Waals surface area contributed by atoms with Gasteiger partial charge in [-0.1, -0.05) is 56.8 Å². The van der Waals surface area contributed by atoms with E-state index in [1.54, 1.807) is 4.57 Å². The van der Waals surface area contributed by atoms with Crippen molar-refractivity contribution in [3.63, 3.8) is 0 Å². The van der Waals surface area contributed by atoms with E-state index in [1.165, 1.54) is 11.1 Å². The van der Waals surface area contributed by atoms with E-state index >= 15 is 0 Å². The lowest BCUT2D eigenvalue weighted by molar-refractivity contribution is 0.309. The normalized spacial score (nSPS) is 11.6. The number of rotatable bonds is 15. The summed E-state index contributed by atoms with van der Waals surface area (Å²) in [6, 6.07) is 5.68. The number of aryl methyl sites for hydroxylation is 1. The molecule has 0 amide bonds. The molecule has 0 saturated carbocycles. The fourth-order valence-electron chi connectivity index (χ4n) is 3.84. The summed E-state index contributed by atoms with van der Waals surface area (Å²) in [6.45, 7) is 12.1. The van der Waals surface area contributed by atoms with Crippen molar-refractivity contribution in [3.05, 3.63) is 51.9 Å². The van der Waals surface area contributed by atoms with Gasteiger partial charge in [0.15, 0.2) is 5.75 Å². The molecular formula is C29H43NO4. The lowest BCUT2D eigenvalue weighted by Crippen LogP contribution is -2.21. The molecule has 0 bridgehead atoms. The Balaban J connectivity index is 2.33. The standard InChI is InChI=1S/C29H43NO4/c1-6-8-10-11-18-30-26-21-24(33-19-9-7-2)15-16-25(26)28(27(31)29(30)32)34-20-17-23(5)14-12-13-22(3)4/h13,15-17,21,31H,6-12,14,18-20H2,1-5H3/b23-17+. The van der Waals surface area contributed by atoms with Crippen LogP contribution in [0.1, 0.15) is 86.0 Å². The maximum absolute atomic E-state index is 13.1. The first kappa shape index (κ1) is 27.6. The summed E-state index contributed by atoms with van der Waals surface area (Å²) < 4.78 is 13.5. The fraction of sp³-hybridized carbons (Fsp3) is 0.552. The number of aromatic nitrogens is 1. The molecule has 1 heterocycles. The second-order valence-electron chi connectivity index (χ2n) is 9.26. The van der Waals surface area contributed by atoms with Gasteiger partial charge in [0.1, 0.15) is 12.4 Å². The first-order chi connectivity index (χ1) is 16.4. The van der Waals surface area contributed by atoms with Gasteiger partial charge in [0.25, 0.3) is 5.56 Å². The highest BCUT2D eigenvalue weighted by Gasteiger charge is 2.18. The van der Waals surface area contributed by atoms with Crippen LogP contribution >= 0.6 is 0 Å². The van der Waals surface area contributed by atoms with Crippen molar-refractivity contribution in [2.75, 3.05) is 13.2 Å². The predicted molar refractivity (Wildman–Crippen MR) is 142 cm³/mol. The van der Waals surface area contributed by atoms with Gasteiger partial charge < -0.3 is 19.1 Å². The zero-order valence-corrected chi connectivity index (χ0v) is 21.8. The van der Waals surface area contributed by atoms with E-state index in [1.807, 2.05) is 24.3 Å². The molecule has 0 saturated heterocycles.